The minimum Gasteiger partial charge on any atom is -0.486 e. The molecule has 0 amide bonds. The van der Waals surface area contributed by atoms with E-state index in [2.05, 4.69) is 44.3 Å². The van der Waals surface area contributed by atoms with Crippen LogP contribution in [0.3, 0.4) is 0 Å². The van der Waals surface area contributed by atoms with Gasteiger partial charge in [0.05, 0.1) is 0 Å². The third kappa shape index (κ3) is 4.13. The largest absolute Gasteiger partial charge is 0.486 e. The van der Waals surface area contributed by atoms with Crippen LogP contribution in [0.4, 0.5) is 0 Å². The first-order chi connectivity index (χ1) is 10.3. The fourth-order valence-corrected chi connectivity index (χ4v) is 3.25. The molecule has 1 aromatic rings. The predicted molar refractivity (Wildman–Crippen MR) is 87.2 cm³/mol. The lowest BCUT2D eigenvalue weighted by molar-refractivity contribution is 0.171. The Hall–Kier alpha value is -1.22. The lowest BCUT2D eigenvalue weighted by Gasteiger charge is -2.29. The summed E-state index contributed by atoms with van der Waals surface area (Å²) in [4.78, 5) is 0. The molecule has 0 spiro atoms. The molecule has 1 heterocycles. The van der Waals surface area contributed by atoms with E-state index in [1.807, 2.05) is 0 Å². The zero-order chi connectivity index (χ0) is 15.1. The van der Waals surface area contributed by atoms with E-state index in [0.717, 1.165) is 18.0 Å². The topological polar surface area (TPSA) is 30.5 Å². The molecule has 2 rings (SSSR count). The van der Waals surface area contributed by atoms with Gasteiger partial charge in [-0.3, -0.25) is 0 Å². The molecule has 3 nitrogen and oxygen atoms in total. The van der Waals surface area contributed by atoms with Crippen LogP contribution in [0.1, 0.15) is 58.1 Å². The number of benzene rings is 1. The van der Waals surface area contributed by atoms with Crippen LogP contribution in [-0.4, -0.2) is 19.8 Å². The third-order valence-electron chi connectivity index (χ3n) is 4.14. The molecular formula is C18H29NO2. The average molecular weight is 291 g/mol. The van der Waals surface area contributed by atoms with E-state index in [9.17, 15) is 0 Å². The number of ether oxygens (including phenoxy) is 2. The fourth-order valence-electron chi connectivity index (χ4n) is 3.25. The number of hydrogen-bond acceptors (Lipinski definition) is 3. The summed E-state index contributed by atoms with van der Waals surface area (Å²) >= 11 is 0. The van der Waals surface area contributed by atoms with E-state index in [1.165, 1.54) is 31.2 Å². The summed E-state index contributed by atoms with van der Waals surface area (Å²) in [6, 6.07) is 6.83. The van der Waals surface area contributed by atoms with E-state index >= 15 is 0 Å². The van der Waals surface area contributed by atoms with Gasteiger partial charge in [0.25, 0.3) is 0 Å². The van der Waals surface area contributed by atoms with E-state index in [-0.39, 0.29) is 0 Å². The molecule has 1 aromatic carbocycles. The van der Waals surface area contributed by atoms with Gasteiger partial charge in [0.1, 0.15) is 13.2 Å². The van der Waals surface area contributed by atoms with E-state index in [4.69, 9.17) is 9.47 Å². The molecule has 0 aromatic heterocycles. The number of fused-ring (bicyclic) bond motifs is 1. The summed E-state index contributed by atoms with van der Waals surface area (Å²) in [6.45, 7) is 9.01. The van der Waals surface area contributed by atoms with Gasteiger partial charge in [0, 0.05) is 6.04 Å². The Morgan fingerprint density at radius 1 is 1.00 bits per heavy atom. The van der Waals surface area contributed by atoms with Gasteiger partial charge in [0.2, 0.25) is 0 Å². The summed E-state index contributed by atoms with van der Waals surface area (Å²) in [5, 5.41) is 3.68. The zero-order valence-corrected chi connectivity index (χ0v) is 13.7. The highest BCUT2D eigenvalue weighted by Crippen LogP contribution is 2.36. The summed E-state index contributed by atoms with van der Waals surface area (Å²) < 4.78 is 11.4. The SMILES string of the molecule is CCCC(CCC)C(NCC)c1ccc2c(c1)OCCO2. The molecule has 0 saturated carbocycles. The highest BCUT2D eigenvalue weighted by molar-refractivity contribution is 5.44. The van der Waals surface area contributed by atoms with Gasteiger partial charge in [-0.15, -0.1) is 0 Å². The van der Waals surface area contributed by atoms with Crippen molar-refractivity contribution in [3.8, 4) is 11.5 Å². The van der Waals surface area contributed by atoms with Gasteiger partial charge in [-0.2, -0.15) is 0 Å². The maximum Gasteiger partial charge on any atom is 0.161 e. The van der Waals surface area contributed by atoms with Crippen LogP contribution in [0.2, 0.25) is 0 Å². The van der Waals surface area contributed by atoms with Gasteiger partial charge >= 0.3 is 0 Å². The molecule has 1 N–H and O–H groups in total. The van der Waals surface area contributed by atoms with Crippen LogP contribution in [0.5, 0.6) is 11.5 Å². The molecular weight excluding hydrogens is 262 g/mol. The van der Waals surface area contributed by atoms with Crippen molar-refractivity contribution in [2.75, 3.05) is 19.8 Å². The molecule has 1 unspecified atom stereocenters. The number of rotatable bonds is 8. The summed E-state index contributed by atoms with van der Waals surface area (Å²) in [5.74, 6) is 2.46. The fraction of sp³-hybridized carbons (Fsp3) is 0.667. The molecule has 1 atom stereocenters. The van der Waals surface area contributed by atoms with E-state index in [1.54, 1.807) is 0 Å². The Morgan fingerprint density at radius 2 is 1.67 bits per heavy atom. The highest BCUT2D eigenvalue weighted by atomic mass is 16.6. The molecule has 0 bridgehead atoms. The average Bonchev–Trinajstić information content (AvgIpc) is 2.52. The molecule has 0 fully saturated rings. The number of hydrogen-bond donors (Lipinski definition) is 1. The van der Waals surface area contributed by atoms with Crippen molar-refractivity contribution in [3.63, 3.8) is 0 Å². The summed E-state index contributed by atoms with van der Waals surface area (Å²) in [5.41, 5.74) is 1.33. The minimum atomic E-state index is 0.408. The van der Waals surface area contributed by atoms with E-state index in [0.29, 0.717) is 25.2 Å². The van der Waals surface area contributed by atoms with Crippen LogP contribution in [0.15, 0.2) is 18.2 Å². The Kier molecular flexibility index (Phi) is 6.37. The Balaban J connectivity index is 2.23. The van der Waals surface area contributed by atoms with Crippen molar-refractivity contribution in [3.05, 3.63) is 23.8 Å². The molecule has 1 aliphatic rings. The van der Waals surface area contributed by atoms with Crippen LogP contribution in [-0.2, 0) is 0 Å². The van der Waals surface area contributed by atoms with Gasteiger partial charge < -0.3 is 14.8 Å². The molecule has 3 heteroatoms. The smallest absolute Gasteiger partial charge is 0.161 e. The van der Waals surface area contributed by atoms with Gasteiger partial charge in [0.15, 0.2) is 11.5 Å². The van der Waals surface area contributed by atoms with Crippen molar-refractivity contribution >= 4 is 0 Å². The van der Waals surface area contributed by atoms with Crippen LogP contribution in [0, 0.1) is 5.92 Å². The molecule has 0 saturated heterocycles. The van der Waals surface area contributed by atoms with Crippen molar-refractivity contribution in [1.82, 2.24) is 5.32 Å². The van der Waals surface area contributed by atoms with Crippen molar-refractivity contribution in [2.24, 2.45) is 5.92 Å². The van der Waals surface area contributed by atoms with Crippen LogP contribution >= 0.6 is 0 Å². The maximum absolute atomic E-state index is 5.74. The first-order valence-corrected chi connectivity index (χ1v) is 8.43. The van der Waals surface area contributed by atoms with Crippen molar-refractivity contribution in [2.45, 2.75) is 52.5 Å². The normalized spacial score (nSPS) is 15.2. The Labute approximate surface area is 129 Å². The molecule has 21 heavy (non-hydrogen) atoms. The van der Waals surface area contributed by atoms with Gasteiger partial charge in [-0.1, -0.05) is 39.7 Å². The van der Waals surface area contributed by atoms with Crippen molar-refractivity contribution in [1.29, 1.82) is 0 Å². The van der Waals surface area contributed by atoms with Gasteiger partial charge in [-0.05, 0) is 43.0 Å². The first kappa shape index (κ1) is 16.2. The molecule has 118 valence electrons. The van der Waals surface area contributed by atoms with Gasteiger partial charge in [-0.25, -0.2) is 0 Å². The van der Waals surface area contributed by atoms with E-state index < -0.39 is 0 Å². The van der Waals surface area contributed by atoms with Crippen molar-refractivity contribution < 1.29 is 9.47 Å². The molecule has 0 radical (unpaired) electrons. The predicted octanol–water partition coefficient (Wildman–Crippen LogP) is 4.32. The van der Waals surface area contributed by atoms with Crippen LogP contribution in [0.25, 0.3) is 0 Å². The first-order valence-electron chi connectivity index (χ1n) is 8.43. The number of nitrogens with one attached hydrogen (secondary N) is 1. The Bertz CT molecular complexity index is 427. The third-order valence-corrected chi connectivity index (χ3v) is 4.14. The maximum atomic E-state index is 5.74. The standard InChI is InChI=1S/C18H29NO2/c1-4-7-14(8-5-2)18(19-6-3)15-9-10-16-17(13-15)21-12-11-20-16/h9-10,13-14,18-19H,4-8,11-12H2,1-3H3. The second-order valence-corrected chi connectivity index (χ2v) is 5.78. The second-order valence-electron chi connectivity index (χ2n) is 5.78. The highest BCUT2D eigenvalue weighted by Gasteiger charge is 2.23. The quantitative estimate of drug-likeness (QED) is 0.773. The summed E-state index contributed by atoms with van der Waals surface area (Å²) in [6.07, 6.45) is 4.99. The lowest BCUT2D eigenvalue weighted by atomic mass is 9.86. The zero-order valence-electron chi connectivity index (χ0n) is 13.7. The minimum absolute atomic E-state index is 0.408. The molecule has 1 aliphatic heterocycles. The summed E-state index contributed by atoms with van der Waals surface area (Å²) in [7, 11) is 0. The second kappa shape index (κ2) is 8.28. The van der Waals surface area contributed by atoms with Crippen LogP contribution < -0.4 is 14.8 Å². The monoisotopic (exact) mass is 291 g/mol. The molecule has 0 aliphatic carbocycles. The lowest BCUT2D eigenvalue weighted by Crippen LogP contribution is -2.28. The Morgan fingerprint density at radius 3 is 2.29 bits per heavy atom.